The number of amides is 1. The van der Waals surface area contributed by atoms with Crippen LogP contribution < -0.4 is 4.74 Å². The summed E-state index contributed by atoms with van der Waals surface area (Å²) < 4.78 is 6.50. The number of carbonyl (C=O) groups is 2. The Morgan fingerprint density at radius 2 is 1.65 bits per heavy atom. The van der Waals surface area contributed by atoms with Gasteiger partial charge in [0.05, 0.1) is 12.0 Å². The number of hydrogen-bond donors (Lipinski definition) is 0. The van der Waals surface area contributed by atoms with Crippen LogP contribution in [0.4, 0.5) is 0 Å². The molecule has 0 radical (unpaired) electrons. The first-order chi connectivity index (χ1) is 14.8. The molecule has 1 aromatic rings. The zero-order valence-electron chi connectivity index (χ0n) is 19.0. The van der Waals surface area contributed by atoms with Crippen molar-refractivity contribution in [3.05, 3.63) is 28.8 Å². The number of ether oxygens (including phenoxy) is 1. The van der Waals surface area contributed by atoms with Crippen molar-refractivity contribution in [3.8, 4) is 5.75 Å². The molecule has 7 rings (SSSR count). The highest BCUT2D eigenvalue weighted by Crippen LogP contribution is 2.61. The molecular weight excluding hydrogens is 386 g/mol. The highest BCUT2D eigenvalue weighted by Gasteiger charge is 2.52. The van der Waals surface area contributed by atoms with E-state index >= 15 is 0 Å². The van der Waals surface area contributed by atoms with Gasteiger partial charge in [-0.15, -0.1) is 0 Å². The van der Waals surface area contributed by atoms with Gasteiger partial charge in [0.15, 0.2) is 5.78 Å². The first-order valence-electron chi connectivity index (χ1n) is 12.4. The summed E-state index contributed by atoms with van der Waals surface area (Å²) in [5.41, 5.74) is 2.77. The normalized spacial score (nSPS) is 35.2. The molecule has 2 aliphatic heterocycles. The molecule has 1 saturated heterocycles. The van der Waals surface area contributed by atoms with Gasteiger partial charge in [-0.2, -0.15) is 0 Å². The quantitative estimate of drug-likeness (QED) is 0.656. The van der Waals surface area contributed by atoms with E-state index in [1.54, 1.807) is 0 Å². The predicted molar refractivity (Wildman–Crippen MR) is 119 cm³/mol. The lowest BCUT2D eigenvalue weighted by Crippen LogP contribution is -2.54. The molecule has 0 atom stereocenters. The SMILES string of the molecule is Cc1cc(C)c2c(c1)OC1(CCN(C(=O)CC34CC5CC(CC(C5)C3)C4)CC1)CC2=O. The third kappa shape index (κ3) is 3.32. The fraction of sp³-hybridized carbons (Fsp3) is 0.704. The number of likely N-dealkylation sites (tertiary alicyclic amines) is 1. The van der Waals surface area contributed by atoms with Gasteiger partial charge in [-0.25, -0.2) is 0 Å². The number of rotatable bonds is 2. The van der Waals surface area contributed by atoms with Gasteiger partial charge in [-0.3, -0.25) is 9.59 Å². The zero-order chi connectivity index (χ0) is 21.4. The van der Waals surface area contributed by atoms with E-state index < -0.39 is 5.60 Å². The molecule has 4 nitrogen and oxygen atoms in total. The third-order valence-corrected chi connectivity index (χ3v) is 9.25. The molecule has 1 aromatic carbocycles. The number of Topliss-reactive ketones (excluding diaryl/α,β-unsaturated/α-hetero) is 1. The standard InChI is InChI=1S/C27H35NO3/c1-17-7-18(2)25-22(29)15-27(31-23(25)8-17)3-5-28(6-4-27)24(30)16-26-12-19-9-20(13-26)11-21(10-19)14-26/h7-8,19-21H,3-6,9-16H2,1-2H3. The first-order valence-corrected chi connectivity index (χ1v) is 12.4. The van der Waals surface area contributed by atoms with E-state index in [9.17, 15) is 9.59 Å². The Labute approximate surface area is 185 Å². The second-order valence-electron chi connectivity index (χ2n) is 11.8. The monoisotopic (exact) mass is 421 g/mol. The molecule has 0 unspecified atom stereocenters. The fourth-order valence-electron chi connectivity index (χ4n) is 8.40. The van der Waals surface area contributed by atoms with Gasteiger partial charge in [-0.05, 0) is 92.7 Å². The topological polar surface area (TPSA) is 46.6 Å². The zero-order valence-corrected chi connectivity index (χ0v) is 19.0. The van der Waals surface area contributed by atoms with E-state index in [4.69, 9.17) is 4.74 Å². The van der Waals surface area contributed by atoms with Crippen LogP contribution in [0, 0.1) is 37.0 Å². The van der Waals surface area contributed by atoms with Crippen molar-refractivity contribution in [1.82, 2.24) is 4.90 Å². The maximum absolute atomic E-state index is 13.3. The number of fused-ring (bicyclic) bond motifs is 1. The summed E-state index contributed by atoms with van der Waals surface area (Å²) in [6.45, 7) is 5.49. The minimum atomic E-state index is -0.429. The number of piperidine rings is 1. The summed E-state index contributed by atoms with van der Waals surface area (Å²) in [6.07, 6.45) is 10.9. The van der Waals surface area contributed by atoms with Crippen LogP contribution in [0.1, 0.15) is 85.7 Å². The van der Waals surface area contributed by atoms with Crippen molar-refractivity contribution in [2.24, 2.45) is 23.2 Å². The van der Waals surface area contributed by atoms with E-state index in [2.05, 4.69) is 11.0 Å². The number of nitrogens with zero attached hydrogens (tertiary/aromatic N) is 1. The van der Waals surface area contributed by atoms with Gasteiger partial charge in [0, 0.05) is 32.4 Å². The highest BCUT2D eigenvalue weighted by atomic mass is 16.5. The van der Waals surface area contributed by atoms with Crippen LogP contribution in [0.5, 0.6) is 5.75 Å². The second kappa shape index (κ2) is 6.83. The van der Waals surface area contributed by atoms with Gasteiger partial charge in [0.2, 0.25) is 5.91 Å². The molecular formula is C27H35NO3. The lowest BCUT2D eigenvalue weighted by molar-refractivity contribution is -0.142. The van der Waals surface area contributed by atoms with Crippen LogP contribution in [-0.4, -0.2) is 35.3 Å². The summed E-state index contributed by atoms with van der Waals surface area (Å²) in [7, 11) is 0. The van der Waals surface area contributed by atoms with Crippen molar-refractivity contribution in [2.45, 2.75) is 83.7 Å². The van der Waals surface area contributed by atoms with Gasteiger partial charge in [0.1, 0.15) is 11.4 Å². The maximum Gasteiger partial charge on any atom is 0.223 e. The van der Waals surface area contributed by atoms with E-state index in [0.29, 0.717) is 17.7 Å². The lowest BCUT2D eigenvalue weighted by Gasteiger charge is -2.57. The fourth-order valence-corrected chi connectivity index (χ4v) is 8.40. The molecule has 5 fully saturated rings. The molecule has 0 N–H and O–H groups in total. The molecule has 6 aliphatic rings. The second-order valence-corrected chi connectivity index (χ2v) is 11.8. The van der Waals surface area contributed by atoms with Crippen molar-refractivity contribution < 1.29 is 14.3 Å². The minimum Gasteiger partial charge on any atom is -0.486 e. The number of ketones is 1. The number of aryl methyl sites for hydroxylation is 2. The molecule has 31 heavy (non-hydrogen) atoms. The molecule has 4 saturated carbocycles. The van der Waals surface area contributed by atoms with Crippen LogP contribution in [0.25, 0.3) is 0 Å². The molecule has 166 valence electrons. The number of carbonyl (C=O) groups excluding carboxylic acids is 2. The molecule has 1 spiro atoms. The van der Waals surface area contributed by atoms with E-state index in [-0.39, 0.29) is 5.78 Å². The summed E-state index contributed by atoms with van der Waals surface area (Å²) in [6, 6.07) is 4.07. The highest BCUT2D eigenvalue weighted by molar-refractivity contribution is 6.01. The predicted octanol–water partition coefficient (Wildman–Crippen LogP) is 5.24. The molecule has 0 aromatic heterocycles. The Bertz CT molecular complexity index is 905. The third-order valence-electron chi connectivity index (χ3n) is 9.25. The summed E-state index contributed by atoms with van der Waals surface area (Å²) >= 11 is 0. The van der Waals surface area contributed by atoms with Crippen molar-refractivity contribution in [1.29, 1.82) is 0 Å². The Kier molecular flexibility index (Phi) is 4.36. The maximum atomic E-state index is 13.3. The Hall–Kier alpha value is -1.84. The van der Waals surface area contributed by atoms with E-state index in [1.165, 1.54) is 38.5 Å². The lowest BCUT2D eigenvalue weighted by atomic mass is 9.49. The first kappa shape index (κ1) is 19.8. The van der Waals surface area contributed by atoms with Crippen LogP contribution in [-0.2, 0) is 4.79 Å². The molecule has 4 aliphatic carbocycles. The Morgan fingerprint density at radius 1 is 1.03 bits per heavy atom. The average Bonchev–Trinajstić information content (AvgIpc) is 2.66. The van der Waals surface area contributed by atoms with Crippen LogP contribution in [0.3, 0.4) is 0 Å². The molecule has 2 heterocycles. The molecule has 4 bridgehead atoms. The van der Waals surface area contributed by atoms with Gasteiger partial charge >= 0.3 is 0 Å². The van der Waals surface area contributed by atoms with Gasteiger partial charge in [0.25, 0.3) is 0 Å². The summed E-state index contributed by atoms with van der Waals surface area (Å²) in [5.74, 6) is 3.96. The molecule has 4 heteroatoms. The van der Waals surface area contributed by atoms with Crippen LogP contribution >= 0.6 is 0 Å². The van der Waals surface area contributed by atoms with Crippen LogP contribution in [0.15, 0.2) is 12.1 Å². The Balaban J connectivity index is 1.13. The van der Waals surface area contributed by atoms with Crippen molar-refractivity contribution in [3.63, 3.8) is 0 Å². The number of benzene rings is 1. The van der Waals surface area contributed by atoms with Gasteiger partial charge < -0.3 is 9.64 Å². The van der Waals surface area contributed by atoms with E-state index in [1.807, 2.05) is 19.9 Å². The largest absolute Gasteiger partial charge is 0.486 e. The molecule has 1 amide bonds. The average molecular weight is 422 g/mol. The van der Waals surface area contributed by atoms with Crippen molar-refractivity contribution in [2.75, 3.05) is 13.1 Å². The van der Waals surface area contributed by atoms with Gasteiger partial charge in [-0.1, -0.05) is 6.07 Å². The minimum absolute atomic E-state index is 0.201. The van der Waals surface area contributed by atoms with E-state index in [0.717, 1.165) is 72.5 Å². The smallest absolute Gasteiger partial charge is 0.223 e. The Morgan fingerprint density at radius 3 is 2.26 bits per heavy atom. The van der Waals surface area contributed by atoms with Crippen molar-refractivity contribution >= 4 is 11.7 Å². The summed E-state index contributed by atoms with van der Waals surface area (Å²) in [5, 5.41) is 0. The summed E-state index contributed by atoms with van der Waals surface area (Å²) in [4.78, 5) is 28.4. The van der Waals surface area contributed by atoms with Crippen LogP contribution in [0.2, 0.25) is 0 Å². The number of hydrogen-bond acceptors (Lipinski definition) is 3.